The van der Waals surface area contributed by atoms with Crippen LogP contribution < -0.4 is 0 Å². The molecule has 94 valence electrons. The van der Waals surface area contributed by atoms with Crippen LogP contribution in [-0.4, -0.2) is 28.9 Å². The van der Waals surface area contributed by atoms with Crippen LogP contribution in [0.25, 0.3) is 0 Å². The summed E-state index contributed by atoms with van der Waals surface area (Å²) < 4.78 is 12.9. The third kappa shape index (κ3) is 3.80. The van der Waals surface area contributed by atoms with E-state index in [0.29, 0.717) is 24.6 Å². The Bertz CT molecular complexity index is 381. The second kappa shape index (κ2) is 6.33. The summed E-state index contributed by atoms with van der Waals surface area (Å²) >= 11 is 0. The van der Waals surface area contributed by atoms with Crippen molar-refractivity contribution in [3.8, 4) is 0 Å². The van der Waals surface area contributed by atoms with Gasteiger partial charge in [-0.25, -0.2) is 4.98 Å². The molecule has 1 unspecified atom stereocenters. The summed E-state index contributed by atoms with van der Waals surface area (Å²) in [5, 5.41) is 0. The van der Waals surface area contributed by atoms with Gasteiger partial charge in [-0.1, -0.05) is 20.3 Å². The van der Waals surface area contributed by atoms with E-state index in [-0.39, 0.29) is 5.91 Å². The highest BCUT2D eigenvalue weighted by Crippen LogP contribution is 2.09. The van der Waals surface area contributed by atoms with Crippen LogP contribution in [0.1, 0.15) is 37.6 Å². The zero-order valence-electron chi connectivity index (χ0n) is 10.6. The molecule has 0 bridgehead atoms. The van der Waals surface area contributed by atoms with Crippen molar-refractivity contribution in [2.45, 2.75) is 27.2 Å². The van der Waals surface area contributed by atoms with E-state index in [9.17, 15) is 9.18 Å². The van der Waals surface area contributed by atoms with Crippen LogP contribution in [-0.2, 0) is 0 Å². The number of carbonyl (C=O) groups excluding carboxylic acids is 1. The first-order chi connectivity index (χ1) is 8.08. The number of amides is 1. The van der Waals surface area contributed by atoms with E-state index >= 15 is 0 Å². The van der Waals surface area contributed by atoms with Crippen molar-refractivity contribution < 1.29 is 9.18 Å². The maximum atomic E-state index is 12.9. The van der Waals surface area contributed by atoms with Crippen molar-refractivity contribution >= 4 is 5.91 Å². The lowest BCUT2D eigenvalue weighted by Crippen LogP contribution is -2.34. The number of rotatable bonds is 5. The van der Waals surface area contributed by atoms with Gasteiger partial charge in [0.1, 0.15) is 0 Å². The van der Waals surface area contributed by atoms with Crippen LogP contribution in [0.15, 0.2) is 18.3 Å². The molecule has 0 radical (unpaired) electrons. The van der Waals surface area contributed by atoms with Gasteiger partial charge in [-0.2, -0.15) is 4.39 Å². The third-order valence-corrected chi connectivity index (χ3v) is 2.87. The average Bonchev–Trinajstić information content (AvgIpc) is 2.34. The molecule has 1 amide bonds. The standard InChI is InChI=1S/C13H19FN2O/c1-4-10(3)9-16(5-2)13(17)11-6-7-15-12(14)8-11/h6-8,10H,4-5,9H2,1-3H3. The van der Waals surface area contributed by atoms with Gasteiger partial charge in [-0.15, -0.1) is 0 Å². The van der Waals surface area contributed by atoms with Crippen LogP contribution in [0.5, 0.6) is 0 Å². The Labute approximate surface area is 102 Å². The van der Waals surface area contributed by atoms with Crippen LogP contribution in [0.3, 0.4) is 0 Å². The number of pyridine rings is 1. The summed E-state index contributed by atoms with van der Waals surface area (Å²) in [5.74, 6) is -0.296. The first-order valence-corrected chi connectivity index (χ1v) is 5.99. The maximum absolute atomic E-state index is 12.9. The minimum atomic E-state index is -0.615. The van der Waals surface area contributed by atoms with E-state index in [4.69, 9.17) is 0 Å². The van der Waals surface area contributed by atoms with Crippen molar-refractivity contribution in [3.05, 3.63) is 29.8 Å². The first kappa shape index (κ1) is 13.6. The molecule has 3 nitrogen and oxygen atoms in total. The molecule has 1 atom stereocenters. The Morgan fingerprint density at radius 2 is 2.24 bits per heavy atom. The molecule has 4 heteroatoms. The summed E-state index contributed by atoms with van der Waals surface area (Å²) in [4.78, 5) is 17.3. The number of hydrogen-bond donors (Lipinski definition) is 0. The van der Waals surface area contributed by atoms with Crippen LogP contribution >= 0.6 is 0 Å². The van der Waals surface area contributed by atoms with Crippen molar-refractivity contribution in [2.24, 2.45) is 5.92 Å². The summed E-state index contributed by atoms with van der Waals surface area (Å²) in [6.07, 6.45) is 2.34. The van der Waals surface area contributed by atoms with E-state index in [2.05, 4.69) is 18.8 Å². The normalized spacial score (nSPS) is 12.2. The molecule has 17 heavy (non-hydrogen) atoms. The van der Waals surface area contributed by atoms with Crippen LogP contribution in [0, 0.1) is 11.9 Å². The number of aromatic nitrogens is 1. The van der Waals surface area contributed by atoms with E-state index in [0.717, 1.165) is 6.42 Å². The van der Waals surface area contributed by atoms with Gasteiger partial charge in [0.05, 0.1) is 0 Å². The lowest BCUT2D eigenvalue weighted by molar-refractivity contribution is 0.0740. The largest absolute Gasteiger partial charge is 0.339 e. The predicted molar refractivity (Wildman–Crippen MR) is 65.2 cm³/mol. The maximum Gasteiger partial charge on any atom is 0.254 e. The van der Waals surface area contributed by atoms with E-state index in [1.807, 2.05) is 6.92 Å². The molecule has 1 heterocycles. The monoisotopic (exact) mass is 238 g/mol. The molecular formula is C13H19FN2O. The highest BCUT2D eigenvalue weighted by Gasteiger charge is 2.16. The number of carbonyl (C=O) groups is 1. The number of hydrogen-bond acceptors (Lipinski definition) is 2. The highest BCUT2D eigenvalue weighted by molar-refractivity contribution is 5.94. The Morgan fingerprint density at radius 3 is 2.76 bits per heavy atom. The van der Waals surface area contributed by atoms with Gasteiger partial charge in [0, 0.05) is 30.9 Å². The molecule has 0 saturated carbocycles. The molecule has 1 rings (SSSR count). The second-order valence-electron chi connectivity index (χ2n) is 4.22. The fourth-order valence-corrected chi connectivity index (χ4v) is 1.58. The van der Waals surface area contributed by atoms with Crippen molar-refractivity contribution in [1.82, 2.24) is 9.88 Å². The molecule has 0 aliphatic heterocycles. The van der Waals surface area contributed by atoms with Gasteiger partial charge in [-0.05, 0) is 18.9 Å². The van der Waals surface area contributed by atoms with E-state index < -0.39 is 5.95 Å². The molecule has 0 aromatic carbocycles. The quantitative estimate of drug-likeness (QED) is 0.739. The Balaban J connectivity index is 2.79. The summed E-state index contributed by atoms with van der Waals surface area (Å²) in [6.45, 7) is 7.46. The fourth-order valence-electron chi connectivity index (χ4n) is 1.58. The van der Waals surface area contributed by atoms with Crippen LogP contribution in [0.4, 0.5) is 4.39 Å². The molecule has 0 spiro atoms. The van der Waals surface area contributed by atoms with Gasteiger partial charge < -0.3 is 4.90 Å². The van der Waals surface area contributed by atoms with Gasteiger partial charge in [0.25, 0.3) is 5.91 Å². The number of halogens is 1. The smallest absolute Gasteiger partial charge is 0.254 e. The molecule has 0 N–H and O–H groups in total. The van der Waals surface area contributed by atoms with E-state index in [1.165, 1.54) is 12.3 Å². The topological polar surface area (TPSA) is 33.2 Å². The third-order valence-electron chi connectivity index (χ3n) is 2.87. The van der Waals surface area contributed by atoms with Gasteiger partial charge in [-0.3, -0.25) is 4.79 Å². The Kier molecular flexibility index (Phi) is 5.07. The molecular weight excluding hydrogens is 219 g/mol. The Hall–Kier alpha value is -1.45. The predicted octanol–water partition coefficient (Wildman–Crippen LogP) is 2.73. The summed E-state index contributed by atoms with van der Waals surface area (Å²) in [5.41, 5.74) is 0.364. The minimum Gasteiger partial charge on any atom is -0.339 e. The molecule has 0 fully saturated rings. The first-order valence-electron chi connectivity index (χ1n) is 5.99. The number of nitrogens with zero attached hydrogens (tertiary/aromatic N) is 2. The fraction of sp³-hybridized carbons (Fsp3) is 0.538. The highest BCUT2D eigenvalue weighted by atomic mass is 19.1. The van der Waals surface area contributed by atoms with E-state index in [1.54, 1.807) is 11.0 Å². The van der Waals surface area contributed by atoms with Crippen LogP contribution in [0.2, 0.25) is 0 Å². The zero-order chi connectivity index (χ0) is 12.8. The molecule has 0 saturated heterocycles. The molecule has 1 aromatic rings. The second-order valence-corrected chi connectivity index (χ2v) is 4.22. The zero-order valence-corrected chi connectivity index (χ0v) is 10.6. The summed E-state index contributed by atoms with van der Waals surface area (Å²) in [6, 6.07) is 2.73. The average molecular weight is 238 g/mol. The van der Waals surface area contributed by atoms with Crippen molar-refractivity contribution in [1.29, 1.82) is 0 Å². The SMILES string of the molecule is CCC(C)CN(CC)C(=O)c1ccnc(F)c1. The Morgan fingerprint density at radius 1 is 1.53 bits per heavy atom. The molecule has 1 aromatic heterocycles. The van der Waals surface area contributed by atoms with Crippen molar-refractivity contribution in [2.75, 3.05) is 13.1 Å². The molecule has 0 aliphatic rings. The lowest BCUT2D eigenvalue weighted by atomic mass is 10.1. The minimum absolute atomic E-state index is 0.130. The lowest BCUT2D eigenvalue weighted by Gasteiger charge is -2.24. The van der Waals surface area contributed by atoms with Gasteiger partial charge >= 0.3 is 0 Å². The van der Waals surface area contributed by atoms with Crippen molar-refractivity contribution in [3.63, 3.8) is 0 Å². The van der Waals surface area contributed by atoms with Gasteiger partial charge in [0.2, 0.25) is 5.95 Å². The summed E-state index contributed by atoms with van der Waals surface area (Å²) in [7, 11) is 0. The molecule has 0 aliphatic carbocycles. The van der Waals surface area contributed by atoms with Gasteiger partial charge in [0.15, 0.2) is 0 Å².